The minimum Gasteiger partial charge on any atom is -0.311 e. The maximum absolute atomic E-state index is 8.52. The van der Waals surface area contributed by atoms with Crippen molar-refractivity contribution in [3.05, 3.63) is 373 Å². The number of hydrogen-bond donors (Lipinski definition) is 0. The molecular weight excluding hydrogens is 1430 g/mol. The zero-order valence-corrected chi connectivity index (χ0v) is 69.0. The molecule has 2 aliphatic rings. The minimum atomic E-state index is -0.205. The Morgan fingerprint density at radius 1 is 0.263 bits per heavy atom. The molecule has 0 atom stereocenters. The molecule has 0 amide bonds. The third-order valence-corrected chi connectivity index (χ3v) is 24.0. The maximum Gasteiger partial charge on any atom is 0.252 e. The van der Waals surface area contributed by atoms with Crippen LogP contribution in [0.1, 0.15) is 105 Å². The van der Waals surface area contributed by atoms with Crippen LogP contribution in [0, 0.1) is 6.57 Å². The Morgan fingerprint density at radius 3 is 1.03 bits per heavy atom. The highest BCUT2D eigenvalue weighted by atomic mass is 15.2. The van der Waals surface area contributed by atoms with Crippen molar-refractivity contribution >= 4 is 84.7 Å². The standard InChI is InChI=1S/C110H92BN7/c1-107(2,3)84-57-81(58-85(67-84)108(4,5)6)79-44-53-94-99(63-79)116(89-48-39-73(40-49-89)70-29-19-14-20-30-70)101-65-83(66-102-103(101)111(94)95-54-45-80(82-59-86(109(7,8)9)68-87(60-82)110(10,11)12)64-100(95)117(102)90-50-41-74(42-51-90)71-31-21-15-22-32-71)77-46-55-96-92(61-77)91-52-43-78(72-33-23-16-24-34-72)62-98(91)118(96)97-56-47-88(112-13)69-93(97)106-114-104(75-35-25-17-26-36-75)113-105(115-106)76-37-27-18-28-38-76/h14-69H,1-12H3. The van der Waals surface area contributed by atoms with Crippen LogP contribution in [0.3, 0.4) is 0 Å². The van der Waals surface area contributed by atoms with Crippen molar-refractivity contribution in [2.24, 2.45) is 0 Å². The van der Waals surface area contributed by atoms with E-state index in [9.17, 15) is 0 Å². The molecule has 570 valence electrons. The first-order valence-corrected chi connectivity index (χ1v) is 41.2. The van der Waals surface area contributed by atoms with Gasteiger partial charge in [-0.15, -0.1) is 0 Å². The van der Waals surface area contributed by atoms with Crippen molar-refractivity contribution in [3.63, 3.8) is 0 Å². The molecule has 19 rings (SSSR count). The Balaban J connectivity index is 0.899. The average molecular weight is 1520 g/mol. The van der Waals surface area contributed by atoms with Gasteiger partial charge in [0.25, 0.3) is 6.71 Å². The third kappa shape index (κ3) is 13.6. The summed E-state index contributed by atoms with van der Waals surface area (Å²) >= 11 is 0. The molecular formula is C110H92BN7. The molecule has 15 aromatic carbocycles. The van der Waals surface area contributed by atoms with Gasteiger partial charge in [-0.05, 0) is 206 Å². The molecule has 7 nitrogen and oxygen atoms in total. The smallest absolute Gasteiger partial charge is 0.252 e. The number of nitrogens with zero attached hydrogens (tertiary/aromatic N) is 7. The fraction of sp³-hybridized carbons (Fsp3) is 0.145. The summed E-state index contributed by atoms with van der Waals surface area (Å²) in [6.45, 7) is 36.3. The highest BCUT2D eigenvalue weighted by Gasteiger charge is 2.45. The molecule has 0 spiro atoms. The Hall–Kier alpha value is -13.7. The number of hydrogen-bond acceptors (Lipinski definition) is 5. The second kappa shape index (κ2) is 28.9. The highest BCUT2D eigenvalue weighted by molar-refractivity contribution is 7.00. The summed E-state index contributed by atoms with van der Waals surface area (Å²) in [5.41, 5.74) is 34.4. The summed E-state index contributed by atoms with van der Waals surface area (Å²) in [5.74, 6) is 1.54. The van der Waals surface area contributed by atoms with Crippen LogP contribution in [-0.2, 0) is 21.7 Å². The summed E-state index contributed by atoms with van der Waals surface area (Å²) < 4.78 is 2.37. The monoisotopic (exact) mass is 1520 g/mol. The lowest BCUT2D eigenvalue weighted by Crippen LogP contribution is -2.61. The lowest BCUT2D eigenvalue weighted by Gasteiger charge is -2.45. The summed E-state index contributed by atoms with van der Waals surface area (Å²) in [4.78, 5) is 25.1. The molecule has 0 aliphatic carbocycles. The van der Waals surface area contributed by atoms with Gasteiger partial charge in [-0.25, -0.2) is 19.8 Å². The second-order valence-corrected chi connectivity index (χ2v) is 36.0. The van der Waals surface area contributed by atoms with Crippen molar-refractivity contribution in [1.29, 1.82) is 0 Å². The van der Waals surface area contributed by atoms with E-state index in [1.54, 1.807) is 0 Å². The zero-order chi connectivity index (χ0) is 81.1. The SMILES string of the molecule is [C-]#[N+]c1ccc(-n2c3ccc(-c4cc5c6c(c4)N(c4ccc(-c7ccccc7)cc4)c4cc(-c7cc(C(C)(C)C)cc(C(C)(C)C)c7)ccc4B6c4ccc(-c6cc(C(C)(C)C)cc(C(C)(C)C)c6)cc4N5c4ccc(-c5ccccc5)cc4)cc3c3ccc(-c4ccccc4)cc32)c(-c2nc(-c3ccccc3)nc(-c3ccccc3)n2)c1. The summed E-state index contributed by atoms with van der Waals surface area (Å²) in [5, 5.41) is 2.13. The van der Waals surface area contributed by atoms with E-state index < -0.39 is 0 Å². The van der Waals surface area contributed by atoms with Crippen molar-refractivity contribution in [2.45, 2.75) is 105 Å². The van der Waals surface area contributed by atoms with Gasteiger partial charge in [0.1, 0.15) is 0 Å². The minimum absolute atomic E-state index is 0.102. The van der Waals surface area contributed by atoms with E-state index in [2.05, 4.69) is 369 Å². The molecule has 0 saturated carbocycles. The first-order valence-electron chi connectivity index (χ1n) is 41.2. The van der Waals surface area contributed by atoms with Crippen LogP contribution >= 0.6 is 0 Å². The van der Waals surface area contributed by atoms with Gasteiger partial charge >= 0.3 is 0 Å². The summed E-state index contributed by atoms with van der Waals surface area (Å²) in [6, 6.07) is 125. The van der Waals surface area contributed by atoms with Gasteiger partial charge < -0.3 is 14.4 Å². The Kier molecular flexibility index (Phi) is 18.2. The predicted molar refractivity (Wildman–Crippen MR) is 498 cm³/mol. The molecule has 0 bridgehead atoms. The van der Waals surface area contributed by atoms with Gasteiger partial charge in [0.05, 0.1) is 23.3 Å². The van der Waals surface area contributed by atoms with E-state index in [4.69, 9.17) is 21.5 Å². The number of anilines is 6. The molecule has 4 heterocycles. The largest absolute Gasteiger partial charge is 0.311 e. The number of fused-ring (bicyclic) bond motifs is 7. The number of benzene rings is 15. The van der Waals surface area contributed by atoms with Crippen LogP contribution in [0.4, 0.5) is 39.8 Å². The van der Waals surface area contributed by atoms with Crippen molar-refractivity contribution in [1.82, 2.24) is 19.5 Å². The molecule has 0 radical (unpaired) electrons. The maximum atomic E-state index is 8.52. The van der Waals surface area contributed by atoms with Gasteiger partial charge in [0.15, 0.2) is 23.2 Å². The average Bonchev–Trinajstić information content (AvgIpc) is 0.791. The van der Waals surface area contributed by atoms with Gasteiger partial charge in [0.2, 0.25) is 0 Å². The Bertz CT molecular complexity index is 6460. The van der Waals surface area contributed by atoms with Gasteiger partial charge in [-0.1, -0.05) is 344 Å². The van der Waals surface area contributed by atoms with E-state index in [1.807, 2.05) is 72.8 Å². The van der Waals surface area contributed by atoms with E-state index in [0.717, 1.165) is 128 Å². The lowest BCUT2D eigenvalue weighted by molar-refractivity contribution is 0.568. The van der Waals surface area contributed by atoms with Gasteiger partial charge in [-0.2, -0.15) is 0 Å². The molecule has 2 aliphatic heterocycles. The van der Waals surface area contributed by atoms with E-state index in [0.29, 0.717) is 28.7 Å². The van der Waals surface area contributed by atoms with Crippen LogP contribution in [0.15, 0.2) is 340 Å². The van der Waals surface area contributed by atoms with Gasteiger partial charge in [0, 0.05) is 61.6 Å². The fourth-order valence-corrected chi connectivity index (χ4v) is 17.4. The summed E-state index contributed by atoms with van der Waals surface area (Å²) in [6.07, 6.45) is 0. The lowest BCUT2D eigenvalue weighted by atomic mass is 9.33. The van der Waals surface area contributed by atoms with Crippen LogP contribution < -0.4 is 26.2 Å². The number of aromatic nitrogens is 4. The van der Waals surface area contributed by atoms with E-state index in [1.165, 1.54) is 49.8 Å². The Morgan fingerprint density at radius 2 is 0.610 bits per heavy atom. The summed E-state index contributed by atoms with van der Waals surface area (Å²) in [7, 11) is 0. The van der Waals surface area contributed by atoms with Crippen LogP contribution in [0.25, 0.3) is 133 Å². The van der Waals surface area contributed by atoms with Gasteiger partial charge in [-0.3, -0.25) is 0 Å². The molecule has 2 aromatic heterocycles. The van der Waals surface area contributed by atoms with Crippen molar-refractivity contribution in [2.75, 3.05) is 9.80 Å². The predicted octanol–water partition coefficient (Wildman–Crippen LogP) is 27.8. The van der Waals surface area contributed by atoms with E-state index in [-0.39, 0.29) is 28.4 Å². The molecule has 8 heteroatoms. The molecule has 0 saturated heterocycles. The second-order valence-electron chi connectivity index (χ2n) is 36.0. The fourth-order valence-electron chi connectivity index (χ4n) is 17.4. The molecule has 0 N–H and O–H groups in total. The van der Waals surface area contributed by atoms with E-state index >= 15 is 0 Å². The molecule has 0 fully saturated rings. The van der Waals surface area contributed by atoms with Crippen LogP contribution in [0.5, 0.6) is 0 Å². The molecule has 118 heavy (non-hydrogen) atoms. The third-order valence-electron chi connectivity index (χ3n) is 24.0. The van der Waals surface area contributed by atoms with Crippen LogP contribution in [-0.4, -0.2) is 26.2 Å². The highest BCUT2D eigenvalue weighted by Crippen LogP contribution is 2.51. The first-order chi connectivity index (χ1) is 56.9. The normalized spacial score (nSPS) is 12.7. The zero-order valence-electron chi connectivity index (χ0n) is 69.0. The number of rotatable bonds is 12. The topological polar surface area (TPSA) is 54.4 Å². The van der Waals surface area contributed by atoms with Crippen LogP contribution in [0.2, 0.25) is 0 Å². The molecule has 0 unspecified atom stereocenters. The first kappa shape index (κ1) is 74.4. The molecule has 17 aromatic rings. The van der Waals surface area contributed by atoms with Crippen molar-refractivity contribution < 1.29 is 0 Å². The quantitative estimate of drug-likeness (QED) is 0.0901. The van der Waals surface area contributed by atoms with Crippen molar-refractivity contribution in [3.8, 4) is 107 Å². The Labute approximate surface area is 694 Å².